The van der Waals surface area contributed by atoms with Crippen LogP contribution in [0.25, 0.3) is 0 Å². The van der Waals surface area contributed by atoms with Crippen LogP contribution >= 0.6 is 15.9 Å². The van der Waals surface area contributed by atoms with E-state index in [4.69, 9.17) is 10.5 Å². The Labute approximate surface area is 119 Å². The summed E-state index contributed by atoms with van der Waals surface area (Å²) in [5.74, 6) is 0.0474. The molecule has 0 radical (unpaired) electrons. The van der Waals surface area contributed by atoms with Gasteiger partial charge in [-0.2, -0.15) is 5.10 Å². The van der Waals surface area contributed by atoms with Crippen LogP contribution in [0.5, 0.6) is 5.75 Å². The molecule has 1 aromatic heterocycles. The number of nitrogens with two attached hydrogens (primary N) is 1. The molecule has 0 aliphatic rings. The number of rotatable bonds is 4. The first-order valence-electron chi connectivity index (χ1n) is 5.90. The maximum Gasteiger partial charge on any atom is 0.157 e. The van der Waals surface area contributed by atoms with Gasteiger partial charge in [-0.15, -0.1) is 0 Å². The first kappa shape index (κ1) is 13.9. The van der Waals surface area contributed by atoms with Crippen molar-refractivity contribution in [1.29, 1.82) is 0 Å². The maximum absolute atomic E-state index is 13.1. The molecule has 2 N–H and O–H groups in total. The largest absolute Gasteiger partial charge is 0.484 e. The predicted molar refractivity (Wildman–Crippen MR) is 75.4 cm³/mol. The van der Waals surface area contributed by atoms with Crippen molar-refractivity contribution in [3.8, 4) is 5.75 Å². The lowest BCUT2D eigenvalue weighted by molar-refractivity contribution is 0.294. The quantitative estimate of drug-likeness (QED) is 0.878. The van der Waals surface area contributed by atoms with Gasteiger partial charge in [0.2, 0.25) is 0 Å². The van der Waals surface area contributed by atoms with Gasteiger partial charge in [0.15, 0.2) is 5.75 Å². The van der Waals surface area contributed by atoms with Gasteiger partial charge in [-0.3, -0.25) is 4.68 Å². The number of nitrogens with zero attached hydrogens (tertiary/aromatic N) is 2. The lowest BCUT2D eigenvalue weighted by Gasteiger charge is -2.11. The molecule has 1 heterocycles. The van der Waals surface area contributed by atoms with Crippen molar-refractivity contribution in [3.63, 3.8) is 0 Å². The smallest absolute Gasteiger partial charge is 0.157 e. The predicted octanol–water partition coefficient (Wildman–Crippen LogP) is 3.05. The van der Waals surface area contributed by atoms with E-state index in [1.165, 1.54) is 12.1 Å². The van der Waals surface area contributed by atoms with Gasteiger partial charge >= 0.3 is 0 Å². The SMILES string of the molecule is CCc1cc(COc2c(N)cc(F)cc2Br)n(C)n1. The average molecular weight is 328 g/mol. The Hall–Kier alpha value is -1.56. The van der Waals surface area contributed by atoms with E-state index in [1.54, 1.807) is 4.68 Å². The summed E-state index contributed by atoms with van der Waals surface area (Å²) < 4.78 is 21.0. The summed E-state index contributed by atoms with van der Waals surface area (Å²) in [6.07, 6.45) is 0.871. The van der Waals surface area contributed by atoms with Crippen LogP contribution in [0.4, 0.5) is 10.1 Å². The topological polar surface area (TPSA) is 53.1 Å². The molecule has 0 atom stereocenters. The molecule has 0 fully saturated rings. The summed E-state index contributed by atoms with van der Waals surface area (Å²) >= 11 is 3.24. The van der Waals surface area contributed by atoms with E-state index in [1.807, 2.05) is 20.0 Å². The summed E-state index contributed by atoms with van der Waals surface area (Å²) in [6.45, 7) is 2.37. The highest BCUT2D eigenvalue weighted by molar-refractivity contribution is 9.10. The molecule has 4 nitrogen and oxygen atoms in total. The van der Waals surface area contributed by atoms with Gasteiger partial charge in [0, 0.05) is 13.1 Å². The molecule has 0 unspecified atom stereocenters. The van der Waals surface area contributed by atoms with E-state index >= 15 is 0 Å². The Morgan fingerprint density at radius 1 is 1.42 bits per heavy atom. The van der Waals surface area contributed by atoms with Crippen LogP contribution in [0.2, 0.25) is 0 Å². The second-order valence-electron chi connectivity index (χ2n) is 4.20. The number of nitrogen functional groups attached to an aromatic ring is 1. The van der Waals surface area contributed by atoms with Crippen molar-refractivity contribution in [2.24, 2.45) is 7.05 Å². The van der Waals surface area contributed by atoms with Crippen LogP contribution in [-0.2, 0) is 20.1 Å². The van der Waals surface area contributed by atoms with Crippen molar-refractivity contribution in [2.75, 3.05) is 5.73 Å². The van der Waals surface area contributed by atoms with Gasteiger partial charge < -0.3 is 10.5 Å². The molecule has 0 saturated heterocycles. The molecular weight excluding hydrogens is 313 g/mol. The van der Waals surface area contributed by atoms with Crippen molar-refractivity contribution < 1.29 is 9.13 Å². The number of aromatic nitrogens is 2. The Kier molecular flexibility index (Phi) is 4.09. The standard InChI is InChI=1S/C13H15BrFN3O/c1-3-9-6-10(18(2)17-9)7-19-13-11(14)4-8(15)5-12(13)16/h4-6H,3,7,16H2,1-2H3. The van der Waals surface area contributed by atoms with Crippen LogP contribution in [0.15, 0.2) is 22.7 Å². The Bertz CT molecular complexity index is 575. The van der Waals surface area contributed by atoms with E-state index in [0.29, 0.717) is 16.8 Å². The molecule has 2 aromatic rings. The molecule has 19 heavy (non-hydrogen) atoms. The van der Waals surface area contributed by atoms with Gasteiger partial charge in [-0.05, 0) is 34.5 Å². The molecule has 0 spiro atoms. The van der Waals surface area contributed by atoms with E-state index in [-0.39, 0.29) is 5.69 Å². The zero-order valence-corrected chi connectivity index (χ0v) is 12.4. The van der Waals surface area contributed by atoms with Crippen molar-refractivity contribution in [2.45, 2.75) is 20.0 Å². The molecule has 0 aliphatic carbocycles. The number of aryl methyl sites for hydroxylation is 2. The van der Waals surface area contributed by atoms with Crippen LogP contribution in [-0.4, -0.2) is 9.78 Å². The fourth-order valence-electron chi connectivity index (χ4n) is 1.76. The summed E-state index contributed by atoms with van der Waals surface area (Å²) in [5, 5.41) is 4.33. The van der Waals surface area contributed by atoms with Gasteiger partial charge in [-0.25, -0.2) is 4.39 Å². The summed E-state index contributed by atoms with van der Waals surface area (Å²) in [4.78, 5) is 0. The minimum Gasteiger partial charge on any atom is -0.484 e. The number of halogens is 2. The fraction of sp³-hybridized carbons (Fsp3) is 0.308. The molecular formula is C13H15BrFN3O. The van der Waals surface area contributed by atoms with Crippen LogP contribution in [0.3, 0.4) is 0 Å². The molecule has 0 saturated carbocycles. The van der Waals surface area contributed by atoms with Crippen molar-refractivity contribution in [3.05, 3.63) is 39.9 Å². The summed E-state index contributed by atoms with van der Waals surface area (Å²) in [6, 6.07) is 4.54. The fourth-order valence-corrected chi connectivity index (χ4v) is 2.32. The highest BCUT2D eigenvalue weighted by Crippen LogP contribution is 2.32. The lowest BCUT2D eigenvalue weighted by atomic mass is 10.3. The van der Waals surface area contributed by atoms with Crippen LogP contribution in [0.1, 0.15) is 18.3 Å². The minimum absolute atomic E-state index is 0.268. The van der Waals surface area contributed by atoms with E-state index in [2.05, 4.69) is 21.0 Å². The third-order valence-electron chi connectivity index (χ3n) is 2.79. The highest BCUT2D eigenvalue weighted by Gasteiger charge is 2.10. The van der Waals surface area contributed by atoms with Gasteiger partial charge in [0.05, 0.1) is 21.5 Å². The Balaban J connectivity index is 2.16. The lowest BCUT2D eigenvalue weighted by Crippen LogP contribution is -2.05. The number of hydrogen-bond donors (Lipinski definition) is 1. The molecule has 0 amide bonds. The normalized spacial score (nSPS) is 10.7. The second kappa shape index (κ2) is 5.61. The number of ether oxygens (including phenoxy) is 1. The first-order valence-corrected chi connectivity index (χ1v) is 6.69. The zero-order chi connectivity index (χ0) is 14.0. The summed E-state index contributed by atoms with van der Waals surface area (Å²) in [5.41, 5.74) is 7.95. The van der Waals surface area contributed by atoms with Gasteiger partial charge in [0.25, 0.3) is 0 Å². The van der Waals surface area contributed by atoms with Crippen molar-refractivity contribution in [1.82, 2.24) is 9.78 Å². The molecule has 2 rings (SSSR count). The van der Waals surface area contributed by atoms with E-state index in [0.717, 1.165) is 17.8 Å². The average Bonchev–Trinajstić information content (AvgIpc) is 2.69. The van der Waals surface area contributed by atoms with E-state index in [9.17, 15) is 4.39 Å². The Morgan fingerprint density at radius 2 is 2.16 bits per heavy atom. The van der Waals surface area contributed by atoms with Gasteiger partial charge in [0.1, 0.15) is 12.4 Å². The van der Waals surface area contributed by atoms with Crippen LogP contribution in [0, 0.1) is 5.82 Å². The van der Waals surface area contributed by atoms with Gasteiger partial charge in [-0.1, -0.05) is 6.92 Å². The third-order valence-corrected chi connectivity index (χ3v) is 3.38. The third kappa shape index (κ3) is 3.07. The molecule has 0 bridgehead atoms. The molecule has 1 aromatic carbocycles. The number of anilines is 1. The maximum atomic E-state index is 13.1. The van der Waals surface area contributed by atoms with E-state index < -0.39 is 5.82 Å². The second-order valence-corrected chi connectivity index (χ2v) is 5.05. The Morgan fingerprint density at radius 3 is 2.74 bits per heavy atom. The highest BCUT2D eigenvalue weighted by atomic mass is 79.9. The first-order chi connectivity index (χ1) is 9.01. The number of benzene rings is 1. The molecule has 0 aliphatic heterocycles. The monoisotopic (exact) mass is 327 g/mol. The van der Waals surface area contributed by atoms with Crippen molar-refractivity contribution >= 4 is 21.6 Å². The minimum atomic E-state index is -0.398. The molecule has 6 heteroatoms. The zero-order valence-electron chi connectivity index (χ0n) is 10.8. The summed E-state index contributed by atoms with van der Waals surface area (Å²) in [7, 11) is 1.86. The van der Waals surface area contributed by atoms with Crippen LogP contribution < -0.4 is 10.5 Å². The molecule has 102 valence electrons. The number of hydrogen-bond acceptors (Lipinski definition) is 3.